The maximum Gasteiger partial charge on any atom is 0.264 e. The highest BCUT2D eigenvalue weighted by Crippen LogP contribution is 2.45. The zero-order valence-corrected chi connectivity index (χ0v) is 11.6. The molecule has 7 N–H and O–H groups in total. The first kappa shape index (κ1) is 15.4. The van der Waals surface area contributed by atoms with Crippen LogP contribution >= 0.6 is 0 Å². The molecule has 2 aromatic rings. The Kier molecular flexibility index (Phi) is 3.17. The molecule has 1 saturated heterocycles. The number of halogens is 1. The SMILES string of the molecule is C#C[C@]1(O)[C@H](n2cnc3c(N)nc(N)nc32)O[C@](F)(CO)[C@H]1O. The summed E-state index contributed by atoms with van der Waals surface area (Å²) < 4.78 is 20.5. The molecule has 0 aliphatic carbocycles. The van der Waals surface area contributed by atoms with Crippen LogP contribution in [0, 0.1) is 12.3 Å². The molecule has 2 aromatic heterocycles. The molecule has 0 bridgehead atoms. The van der Waals surface area contributed by atoms with Crippen LogP contribution in [0.1, 0.15) is 6.23 Å². The van der Waals surface area contributed by atoms with E-state index in [0.29, 0.717) is 0 Å². The van der Waals surface area contributed by atoms with E-state index in [9.17, 15) is 14.6 Å². The van der Waals surface area contributed by atoms with Crippen LogP contribution in [0.2, 0.25) is 0 Å². The lowest BCUT2D eigenvalue weighted by Crippen LogP contribution is -2.49. The highest BCUT2D eigenvalue weighted by molar-refractivity contribution is 5.82. The molecule has 0 aromatic carbocycles. The number of nitrogen functional groups attached to an aromatic ring is 2. The molecular formula is C12H13FN6O4. The van der Waals surface area contributed by atoms with Crippen molar-refractivity contribution >= 4 is 22.9 Å². The third-order valence-electron chi connectivity index (χ3n) is 3.67. The molecule has 1 aliphatic rings. The fourth-order valence-corrected chi connectivity index (χ4v) is 2.47. The van der Waals surface area contributed by atoms with Crippen molar-refractivity contribution in [3.05, 3.63) is 6.33 Å². The van der Waals surface area contributed by atoms with Gasteiger partial charge in [-0.3, -0.25) is 4.57 Å². The van der Waals surface area contributed by atoms with E-state index in [0.717, 1.165) is 10.9 Å². The third kappa shape index (κ3) is 1.93. The molecule has 0 spiro atoms. The molecule has 11 heteroatoms. The van der Waals surface area contributed by atoms with Crippen LogP contribution in [-0.2, 0) is 4.74 Å². The molecule has 0 unspecified atom stereocenters. The molecule has 3 heterocycles. The standard InChI is InChI=1S/C12H13FN6O4/c1-2-11(22)8(21)12(13,3-20)23-9(11)19-4-16-5-6(14)17-10(15)18-7(5)19/h1,4,8-9,20-22H,3H2,(H4,14,15,17,18)/t8-,9+,11+,12+/m0/s1. The van der Waals surface area contributed by atoms with Gasteiger partial charge in [-0.15, -0.1) is 6.42 Å². The van der Waals surface area contributed by atoms with Crippen molar-refractivity contribution in [3.8, 4) is 12.3 Å². The number of aromatic nitrogens is 4. The van der Waals surface area contributed by atoms with Gasteiger partial charge in [-0.2, -0.15) is 9.97 Å². The van der Waals surface area contributed by atoms with E-state index in [-0.39, 0.29) is 22.9 Å². The summed E-state index contributed by atoms with van der Waals surface area (Å²) in [5.41, 5.74) is 8.82. The van der Waals surface area contributed by atoms with Crippen molar-refractivity contribution in [2.24, 2.45) is 0 Å². The van der Waals surface area contributed by atoms with Crippen molar-refractivity contribution in [2.75, 3.05) is 18.1 Å². The smallest absolute Gasteiger partial charge is 0.264 e. The Labute approximate surface area is 128 Å². The van der Waals surface area contributed by atoms with Crippen LogP contribution in [0.4, 0.5) is 16.2 Å². The summed E-state index contributed by atoms with van der Waals surface area (Å²) in [6.07, 6.45) is 2.52. The molecule has 122 valence electrons. The molecule has 1 fully saturated rings. The second kappa shape index (κ2) is 4.74. The second-order valence-corrected chi connectivity index (χ2v) is 5.08. The van der Waals surface area contributed by atoms with E-state index >= 15 is 0 Å². The van der Waals surface area contributed by atoms with Gasteiger partial charge in [0.05, 0.1) is 6.33 Å². The Morgan fingerprint density at radius 1 is 1.48 bits per heavy atom. The van der Waals surface area contributed by atoms with Crippen LogP contribution in [0.3, 0.4) is 0 Å². The van der Waals surface area contributed by atoms with Gasteiger partial charge in [0.1, 0.15) is 12.1 Å². The molecule has 0 amide bonds. The normalized spacial score (nSPS) is 33.9. The molecule has 0 radical (unpaired) electrons. The molecular weight excluding hydrogens is 311 g/mol. The first-order valence-electron chi connectivity index (χ1n) is 6.38. The summed E-state index contributed by atoms with van der Waals surface area (Å²) in [6, 6.07) is 0. The van der Waals surface area contributed by atoms with Gasteiger partial charge in [0, 0.05) is 0 Å². The zero-order chi connectivity index (χ0) is 17.0. The number of nitrogens with two attached hydrogens (primary N) is 2. The Hall–Kier alpha value is -2.52. The molecule has 1 aliphatic heterocycles. The molecule has 4 atom stereocenters. The predicted octanol–water partition coefficient (Wildman–Crippen LogP) is -2.10. The fraction of sp³-hybridized carbons (Fsp3) is 0.417. The van der Waals surface area contributed by atoms with Gasteiger partial charge in [-0.25, -0.2) is 9.37 Å². The van der Waals surface area contributed by atoms with E-state index in [1.807, 2.05) is 5.92 Å². The minimum Gasteiger partial charge on any atom is -0.390 e. The van der Waals surface area contributed by atoms with Crippen molar-refractivity contribution in [3.63, 3.8) is 0 Å². The van der Waals surface area contributed by atoms with E-state index in [1.54, 1.807) is 0 Å². The van der Waals surface area contributed by atoms with Gasteiger partial charge in [0.2, 0.25) is 11.5 Å². The van der Waals surface area contributed by atoms with Gasteiger partial charge in [0.25, 0.3) is 5.85 Å². The lowest BCUT2D eigenvalue weighted by molar-refractivity contribution is -0.206. The minimum atomic E-state index is -2.97. The van der Waals surface area contributed by atoms with Crippen molar-refractivity contribution < 1.29 is 24.4 Å². The predicted molar refractivity (Wildman–Crippen MR) is 75.0 cm³/mol. The zero-order valence-electron chi connectivity index (χ0n) is 11.6. The Balaban J connectivity index is 2.20. The number of hydrogen-bond donors (Lipinski definition) is 5. The maximum absolute atomic E-state index is 14.4. The van der Waals surface area contributed by atoms with E-state index < -0.39 is 30.4 Å². The van der Waals surface area contributed by atoms with Crippen LogP contribution in [0.25, 0.3) is 11.2 Å². The van der Waals surface area contributed by atoms with E-state index in [4.69, 9.17) is 27.7 Å². The number of ether oxygens (including phenoxy) is 1. The van der Waals surface area contributed by atoms with Crippen molar-refractivity contribution in [2.45, 2.75) is 23.8 Å². The summed E-state index contributed by atoms with van der Waals surface area (Å²) in [5.74, 6) is -1.30. The Morgan fingerprint density at radius 3 is 2.78 bits per heavy atom. The molecule has 3 rings (SSSR count). The quantitative estimate of drug-likeness (QED) is 0.389. The Morgan fingerprint density at radius 2 is 2.17 bits per heavy atom. The number of aliphatic hydroxyl groups excluding tert-OH is 2. The average Bonchev–Trinajstić information content (AvgIpc) is 3.01. The molecule has 0 saturated carbocycles. The number of aliphatic hydroxyl groups is 3. The first-order valence-corrected chi connectivity index (χ1v) is 6.38. The third-order valence-corrected chi connectivity index (χ3v) is 3.67. The van der Waals surface area contributed by atoms with Gasteiger partial charge < -0.3 is 31.5 Å². The monoisotopic (exact) mass is 324 g/mol. The van der Waals surface area contributed by atoms with Gasteiger partial charge >= 0.3 is 0 Å². The topological polar surface area (TPSA) is 166 Å². The van der Waals surface area contributed by atoms with Gasteiger partial charge in [-0.1, -0.05) is 5.92 Å². The van der Waals surface area contributed by atoms with Gasteiger partial charge in [-0.05, 0) is 0 Å². The van der Waals surface area contributed by atoms with E-state index in [1.165, 1.54) is 0 Å². The van der Waals surface area contributed by atoms with Crippen LogP contribution in [0.5, 0.6) is 0 Å². The number of imidazole rings is 1. The highest BCUT2D eigenvalue weighted by atomic mass is 19.2. The highest BCUT2D eigenvalue weighted by Gasteiger charge is 2.64. The fourth-order valence-electron chi connectivity index (χ4n) is 2.47. The lowest BCUT2D eigenvalue weighted by Gasteiger charge is -2.26. The summed E-state index contributed by atoms with van der Waals surface area (Å²) in [4.78, 5) is 11.6. The number of rotatable bonds is 2. The summed E-state index contributed by atoms with van der Waals surface area (Å²) >= 11 is 0. The molecule has 23 heavy (non-hydrogen) atoms. The van der Waals surface area contributed by atoms with Gasteiger partial charge in [0.15, 0.2) is 23.8 Å². The van der Waals surface area contributed by atoms with Crippen molar-refractivity contribution in [1.82, 2.24) is 19.5 Å². The first-order chi connectivity index (χ1) is 10.8. The number of anilines is 2. The summed E-state index contributed by atoms with van der Waals surface area (Å²) in [7, 11) is 0. The maximum atomic E-state index is 14.4. The summed E-state index contributed by atoms with van der Waals surface area (Å²) in [6.45, 7) is -1.22. The lowest BCUT2D eigenvalue weighted by atomic mass is 9.94. The van der Waals surface area contributed by atoms with E-state index in [2.05, 4.69) is 15.0 Å². The summed E-state index contributed by atoms with van der Waals surface area (Å²) in [5, 5.41) is 29.5. The van der Waals surface area contributed by atoms with Crippen LogP contribution in [-0.4, -0.2) is 59.0 Å². The number of alkyl halides is 1. The number of terminal acetylenes is 1. The van der Waals surface area contributed by atoms with Crippen molar-refractivity contribution in [1.29, 1.82) is 0 Å². The number of fused-ring (bicyclic) bond motifs is 1. The average molecular weight is 324 g/mol. The Bertz CT molecular complexity index is 822. The second-order valence-electron chi connectivity index (χ2n) is 5.08. The van der Waals surface area contributed by atoms with Crippen LogP contribution < -0.4 is 11.5 Å². The minimum absolute atomic E-state index is 0.0167. The number of hydrogen-bond acceptors (Lipinski definition) is 9. The number of nitrogens with zero attached hydrogens (tertiary/aromatic N) is 4. The van der Waals surface area contributed by atoms with Crippen LogP contribution in [0.15, 0.2) is 6.33 Å². The largest absolute Gasteiger partial charge is 0.390 e. The molecule has 10 nitrogen and oxygen atoms in total.